The molecule has 0 amide bonds. The Balaban J connectivity index is 1.84. The summed E-state index contributed by atoms with van der Waals surface area (Å²) < 4.78 is 7.77. The lowest BCUT2D eigenvalue weighted by Gasteiger charge is -2.10. The van der Waals surface area contributed by atoms with Crippen LogP contribution in [0, 0.1) is 0 Å². The summed E-state index contributed by atoms with van der Waals surface area (Å²) in [7, 11) is 0. The van der Waals surface area contributed by atoms with Gasteiger partial charge in [-0.2, -0.15) is 0 Å². The Bertz CT molecular complexity index is 534. The van der Waals surface area contributed by atoms with E-state index in [1.165, 1.54) is 23.1 Å². The average molecular weight is 286 g/mol. The van der Waals surface area contributed by atoms with Gasteiger partial charge in [0.1, 0.15) is 0 Å². The quantitative estimate of drug-likeness (QED) is 0.760. The highest BCUT2D eigenvalue weighted by Gasteiger charge is 2.02. The number of hydrogen-bond donors (Lipinski definition) is 1. The summed E-state index contributed by atoms with van der Waals surface area (Å²) in [5, 5.41) is 3.52. The first-order chi connectivity index (χ1) is 10.3. The van der Waals surface area contributed by atoms with Crippen molar-refractivity contribution in [3.63, 3.8) is 0 Å². The van der Waals surface area contributed by atoms with E-state index in [1.54, 1.807) is 0 Å². The van der Waals surface area contributed by atoms with Gasteiger partial charge in [0.25, 0.3) is 0 Å². The molecule has 1 heterocycles. The van der Waals surface area contributed by atoms with E-state index in [4.69, 9.17) is 4.74 Å². The zero-order valence-electron chi connectivity index (χ0n) is 13.1. The van der Waals surface area contributed by atoms with E-state index in [-0.39, 0.29) is 0 Å². The van der Waals surface area contributed by atoms with Crippen molar-refractivity contribution < 1.29 is 4.74 Å². The SMILES string of the molecule is CCCn1ccc(CNCc2ccccc2COCC)c1. The third-order valence-electron chi connectivity index (χ3n) is 3.52. The summed E-state index contributed by atoms with van der Waals surface area (Å²) in [6.07, 6.45) is 5.55. The topological polar surface area (TPSA) is 26.2 Å². The van der Waals surface area contributed by atoms with Crippen molar-refractivity contribution in [1.29, 1.82) is 0 Å². The minimum Gasteiger partial charge on any atom is -0.377 e. The van der Waals surface area contributed by atoms with E-state index in [0.29, 0.717) is 6.61 Å². The van der Waals surface area contributed by atoms with Crippen molar-refractivity contribution in [1.82, 2.24) is 9.88 Å². The second-order valence-electron chi connectivity index (χ2n) is 5.27. The van der Waals surface area contributed by atoms with Crippen molar-refractivity contribution in [3.8, 4) is 0 Å². The highest BCUT2D eigenvalue weighted by molar-refractivity contribution is 5.26. The summed E-state index contributed by atoms with van der Waals surface area (Å²) in [4.78, 5) is 0. The molecule has 0 fully saturated rings. The molecule has 0 spiro atoms. The monoisotopic (exact) mass is 286 g/mol. The van der Waals surface area contributed by atoms with Gasteiger partial charge in [-0.15, -0.1) is 0 Å². The summed E-state index contributed by atoms with van der Waals surface area (Å²) in [6, 6.07) is 10.7. The van der Waals surface area contributed by atoms with E-state index in [1.807, 2.05) is 6.92 Å². The lowest BCUT2D eigenvalue weighted by molar-refractivity contribution is 0.133. The third kappa shape index (κ3) is 5.03. The molecule has 0 unspecified atom stereocenters. The fraction of sp³-hybridized carbons (Fsp3) is 0.444. The van der Waals surface area contributed by atoms with E-state index >= 15 is 0 Å². The average Bonchev–Trinajstić information content (AvgIpc) is 2.94. The van der Waals surface area contributed by atoms with Crippen LogP contribution in [0.3, 0.4) is 0 Å². The smallest absolute Gasteiger partial charge is 0.0719 e. The van der Waals surface area contributed by atoms with Crippen LogP contribution in [-0.2, 0) is 31.0 Å². The lowest BCUT2D eigenvalue weighted by Crippen LogP contribution is -2.14. The van der Waals surface area contributed by atoms with Crippen LogP contribution >= 0.6 is 0 Å². The molecular weight excluding hydrogens is 260 g/mol. The highest BCUT2D eigenvalue weighted by atomic mass is 16.5. The van der Waals surface area contributed by atoms with Crippen LogP contribution in [0.25, 0.3) is 0 Å². The number of hydrogen-bond acceptors (Lipinski definition) is 2. The van der Waals surface area contributed by atoms with Gasteiger partial charge in [0, 0.05) is 38.6 Å². The van der Waals surface area contributed by atoms with E-state index in [9.17, 15) is 0 Å². The molecule has 0 aliphatic carbocycles. The fourth-order valence-electron chi connectivity index (χ4n) is 2.42. The predicted molar refractivity (Wildman–Crippen MR) is 87.0 cm³/mol. The van der Waals surface area contributed by atoms with Gasteiger partial charge in [0.15, 0.2) is 0 Å². The van der Waals surface area contributed by atoms with Gasteiger partial charge in [-0.1, -0.05) is 31.2 Å². The molecule has 3 nitrogen and oxygen atoms in total. The molecule has 114 valence electrons. The Morgan fingerprint density at radius 2 is 1.86 bits per heavy atom. The second-order valence-corrected chi connectivity index (χ2v) is 5.27. The third-order valence-corrected chi connectivity index (χ3v) is 3.52. The van der Waals surface area contributed by atoms with Crippen molar-refractivity contribution >= 4 is 0 Å². The minimum absolute atomic E-state index is 0.696. The Hall–Kier alpha value is -1.58. The maximum atomic E-state index is 5.52. The number of rotatable bonds is 9. The summed E-state index contributed by atoms with van der Waals surface area (Å²) in [5.74, 6) is 0. The van der Waals surface area contributed by atoms with Gasteiger partial charge >= 0.3 is 0 Å². The van der Waals surface area contributed by atoms with Crippen LogP contribution in [0.2, 0.25) is 0 Å². The minimum atomic E-state index is 0.696. The molecule has 1 N–H and O–H groups in total. The summed E-state index contributed by atoms with van der Waals surface area (Å²) in [5.41, 5.74) is 3.93. The van der Waals surface area contributed by atoms with Crippen LogP contribution in [-0.4, -0.2) is 11.2 Å². The van der Waals surface area contributed by atoms with Crippen molar-refractivity contribution in [3.05, 3.63) is 59.4 Å². The summed E-state index contributed by atoms with van der Waals surface area (Å²) >= 11 is 0. The molecule has 0 bridgehead atoms. The van der Waals surface area contributed by atoms with Gasteiger partial charge in [-0.25, -0.2) is 0 Å². The molecule has 3 heteroatoms. The van der Waals surface area contributed by atoms with Gasteiger partial charge in [0.05, 0.1) is 6.61 Å². The maximum Gasteiger partial charge on any atom is 0.0719 e. The Labute approximate surface area is 127 Å². The molecule has 1 aromatic carbocycles. The fourth-order valence-corrected chi connectivity index (χ4v) is 2.42. The number of benzene rings is 1. The molecule has 0 aliphatic rings. The molecule has 21 heavy (non-hydrogen) atoms. The molecule has 0 aliphatic heterocycles. The first-order valence-electron chi connectivity index (χ1n) is 7.83. The molecule has 1 aromatic heterocycles. The van der Waals surface area contributed by atoms with Gasteiger partial charge in [-0.3, -0.25) is 0 Å². The molecule has 0 saturated carbocycles. The van der Waals surface area contributed by atoms with Crippen molar-refractivity contribution in [2.24, 2.45) is 0 Å². The largest absolute Gasteiger partial charge is 0.377 e. The number of aromatic nitrogens is 1. The maximum absolute atomic E-state index is 5.52. The normalized spacial score (nSPS) is 11.0. The van der Waals surface area contributed by atoms with E-state index in [0.717, 1.165) is 26.2 Å². The number of nitrogens with zero attached hydrogens (tertiary/aromatic N) is 1. The molecular formula is C18H26N2O. The number of nitrogens with one attached hydrogen (secondary N) is 1. The Morgan fingerprint density at radius 1 is 1.05 bits per heavy atom. The van der Waals surface area contributed by atoms with E-state index in [2.05, 4.69) is 59.5 Å². The summed E-state index contributed by atoms with van der Waals surface area (Å²) in [6.45, 7) is 8.56. The van der Waals surface area contributed by atoms with Crippen molar-refractivity contribution in [2.45, 2.75) is 46.5 Å². The van der Waals surface area contributed by atoms with Gasteiger partial charge in [0.2, 0.25) is 0 Å². The van der Waals surface area contributed by atoms with Crippen LogP contribution < -0.4 is 5.32 Å². The lowest BCUT2D eigenvalue weighted by atomic mass is 10.1. The molecule has 2 rings (SSSR count). The van der Waals surface area contributed by atoms with Crippen LogP contribution in [0.15, 0.2) is 42.7 Å². The van der Waals surface area contributed by atoms with Gasteiger partial charge in [-0.05, 0) is 36.1 Å². The van der Waals surface area contributed by atoms with E-state index < -0.39 is 0 Å². The van der Waals surface area contributed by atoms with Crippen LogP contribution in [0.4, 0.5) is 0 Å². The predicted octanol–water partition coefficient (Wildman–Crippen LogP) is 3.72. The first-order valence-corrected chi connectivity index (χ1v) is 7.83. The molecule has 0 saturated heterocycles. The molecule has 0 atom stereocenters. The molecule has 2 aromatic rings. The second kappa shape index (κ2) is 8.65. The van der Waals surface area contributed by atoms with Gasteiger partial charge < -0.3 is 14.6 Å². The first kappa shape index (κ1) is 15.8. The van der Waals surface area contributed by atoms with Crippen molar-refractivity contribution in [2.75, 3.05) is 6.61 Å². The standard InChI is InChI=1S/C18H26N2O/c1-3-10-20-11-9-16(14-20)12-19-13-17-7-5-6-8-18(17)15-21-4-2/h5-9,11,14,19H,3-4,10,12-13,15H2,1-2H3. The highest BCUT2D eigenvalue weighted by Crippen LogP contribution is 2.10. The zero-order chi connectivity index (χ0) is 14.9. The zero-order valence-corrected chi connectivity index (χ0v) is 13.1. The number of ether oxygens (including phenoxy) is 1. The molecule has 0 radical (unpaired) electrons. The number of aryl methyl sites for hydroxylation is 1. The van der Waals surface area contributed by atoms with Crippen LogP contribution in [0.5, 0.6) is 0 Å². The Kier molecular flexibility index (Phi) is 6.51. The Morgan fingerprint density at radius 3 is 2.62 bits per heavy atom. The van der Waals surface area contributed by atoms with Crippen LogP contribution in [0.1, 0.15) is 37.0 Å².